The molecular formula is C20H25N3O2. The van der Waals surface area contributed by atoms with E-state index >= 15 is 0 Å². The standard InChI is InChI=1S/C20H25N3O2/c1-4-23(5-2)20(25)21-18-14-10-9-13-17(18)19(24)22(3)15-16-11-7-6-8-12-16/h6-14H,4-5,15H2,1-3H3,(H,21,25). The Morgan fingerprint density at radius 3 is 2.16 bits per heavy atom. The third-order valence-corrected chi connectivity index (χ3v) is 4.06. The summed E-state index contributed by atoms with van der Waals surface area (Å²) in [7, 11) is 1.76. The summed E-state index contributed by atoms with van der Waals surface area (Å²) in [4.78, 5) is 28.4. The molecule has 0 aliphatic rings. The quantitative estimate of drug-likeness (QED) is 0.869. The lowest BCUT2D eigenvalue weighted by Gasteiger charge is -2.22. The molecule has 0 aromatic heterocycles. The summed E-state index contributed by atoms with van der Waals surface area (Å²) in [5.41, 5.74) is 2.08. The van der Waals surface area contributed by atoms with Crippen LogP contribution in [0.15, 0.2) is 54.6 Å². The zero-order valence-electron chi connectivity index (χ0n) is 15.0. The summed E-state index contributed by atoms with van der Waals surface area (Å²) in [6.45, 7) is 5.60. The van der Waals surface area contributed by atoms with Crippen molar-refractivity contribution >= 4 is 17.6 Å². The summed E-state index contributed by atoms with van der Waals surface area (Å²) in [5, 5.41) is 2.85. The smallest absolute Gasteiger partial charge is 0.321 e. The molecule has 25 heavy (non-hydrogen) atoms. The normalized spacial score (nSPS) is 10.2. The second-order valence-electron chi connectivity index (χ2n) is 5.79. The van der Waals surface area contributed by atoms with E-state index in [4.69, 9.17) is 0 Å². The van der Waals surface area contributed by atoms with Crippen molar-refractivity contribution < 1.29 is 9.59 Å². The average Bonchev–Trinajstić information content (AvgIpc) is 2.63. The van der Waals surface area contributed by atoms with Crippen molar-refractivity contribution in [2.45, 2.75) is 20.4 Å². The van der Waals surface area contributed by atoms with E-state index in [-0.39, 0.29) is 11.9 Å². The van der Waals surface area contributed by atoms with Gasteiger partial charge in [0.2, 0.25) is 0 Å². The van der Waals surface area contributed by atoms with Crippen molar-refractivity contribution in [1.82, 2.24) is 9.80 Å². The van der Waals surface area contributed by atoms with Crippen LogP contribution in [-0.4, -0.2) is 41.9 Å². The molecule has 0 radical (unpaired) electrons. The van der Waals surface area contributed by atoms with Crippen LogP contribution >= 0.6 is 0 Å². The summed E-state index contributed by atoms with van der Waals surface area (Å²) < 4.78 is 0. The number of para-hydroxylation sites is 1. The van der Waals surface area contributed by atoms with Crippen LogP contribution in [0, 0.1) is 0 Å². The van der Waals surface area contributed by atoms with Gasteiger partial charge in [-0.05, 0) is 31.5 Å². The number of rotatable bonds is 6. The van der Waals surface area contributed by atoms with Crippen molar-refractivity contribution in [3.8, 4) is 0 Å². The van der Waals surface area contributed by atoms with Gasteiger partial charge in [-0.1, -0.05) is 42.5 Å². The van der Waals surface area contributed by atoms with Gasteiger partial charge in [-0.2, -0.15) is 0 Å². The molecule has 0 unspecified atom stereocenters. The first-order valence-corrected chi connectivity index (χ1v) is 8.51. The summed E-state index contributed by atoms with van der Waals surface area (Å²) >= 11 is 0. The van der Waals surface area contributed by atoms with Crippen molar-refractivity contribution in [2.75, 3.05) is 25.5 Å². The molecule has 3 amide bonds. The first-order chi connectivity index (χ1) is 12.1. The fourth-order valence-corrected chi connectivity index (χ4v) is 2.62. The maximum Gasteiger partial charge on any atom is 0.321 e. The van der Waals surface area contributed by atoms with E-state index in [1.165, 1.54) is 0 Å². The van der Waals surface area contributed by atoms with Crippen molar-refractivity contribution in [1.29, 1.82) is 0 Å². The lowest BCUT2D eigenvalue weighted by molar-refractivity contribution is 0.0786. The van der Waals surface area contributed by atoms with E-state index in [9.17, 15) is 9.59 Å². The first-order valence-electron chi connectivity index (χ1n) is 8.51. The Hall–Kier alpha value is -2.82. The predicted molar refractivity (Wildman–Crippen MR) is 101 cm³/mol. The highest BCUT2D eigenvalue weighted by Gasteiger charge is 2.18. The number of benzene rings is 2. The van der Waals surface area contributed by atoms with Gasteiger partial charge in [-0.25, -0.2) is 4.79 Å². The van der Waals surface area contributed by atoms with Gasteiger partial charge in [-0.3, -0.25) is 4.79 Å². The van der Waals surface area contributed by atoms with Gasteiger partial charge >= 0.3 is 6.03 Å². The monoisotopic (exact) mass is 339 g/mol. The molecule has 132 valence electrons. The Kier molecular flexibility index (Phi) is 6.57. The fraction of sp³-hybridized carbons (Fsp3) is 0.300. The number of carbonyl (C=O) groups is 2. The van der Waals surface area contributed by atoms with Crippen LogP contribution in [0.4, 0.5) is 10.5 Å². The zero-order valence-corrected chi connectivity index (χ0v) is 15.0. The number of nitrogens with one attached hydrogen (secondary N) is 1. The van der Waals surface area contributed by atoms with Crippen LogP contribution < -0.4 is 5.32 Å². The van der Waals surface area contributed by atoms with E-state index in [1.807, 2.05) is 50.2 Å². The molecule has 0 bridgehead atoms. The summed E-state index contributed by atoms with van der Waals surface area (Å²) in [6.07, 6.45) is 0. The molecule has 5 heteroatoms. The minimum atomic E-state index is -0.198. The topological polar surface area (TPSA) is 52.7 Å². The highest BCUT2D eigenvalue weighted by atomic mass is 16.2. The third-order valence-electron chi connectivity index (χ3n) is 4.06. The third kappa shape index (κ3) is 4.83. The average molecular weight is 339 g/mol. The van der Waals surface area contributed by atoms with Crippen LogP contribution in [-0.2, 0) is 6.54 Å². The van der Waals surface area contributed by atoms with E-state index < -0.39 is 0 Å². The molecular weight excluding hydrogens is 314 g/mol. The Bertz CT molecular complexity index is 712. The maximum absolute atomic E-state index is 12.8. The SMILES string of the molecule is CCN(CC)C(=O)Nc1ccccc1C(=O)N(C)Cc1ccccc1. The molecule has 0 heterocycles. The molecule has 2 aromatic rings. The number of hydrogen-bond acceptors (Lipinski definition) is 2. The number of hydrogen-bond donors (Lipinski definition) is 1. The second kappa shape index (κ2) is 8.87. The van der Waals surface area contributed by atoms with Crippen molar-refractivity contribution in [3.05, 3.63) is 65.7 Å². The summed E-state index contributed by atoms with van der Waals surface area (Å²) in [6, 6.07) is 16.7. The van der Waals surface area contributed by atoms with Crippen LogP contribution in [0.5, 0.6) is 0 Å². The van der Waals surface area contributed by atoms with Gasteiger partial charge in [0.05, 0.1) is 11.3 Å². The van der Waals surface area contributed by atoms with Gasteiger partial charge in [0.25, 0.3) is 5.91 Å². The molecule has 0 atom stereocenters. The molecule has 0 saturated heterocycles. The molecule has 0 fully saturated rings. The van der Waals surface area contributed by atoms with Gasteiger partial charge in [-0.15, -0.1) is 0 Å². The Labute approximate surface area is 149 Å². The van der Waals surface area contributed by atoms with Gasteiger partial charge in [0.1, 0.15) is 0 Å². The summed E-state index contributed by atoms with van der Waals surface area (Å²) in [5.74, 6) is -0.126. The molecule has 0 aliphatic carbocycles. The lowest BCUT2D eigenvalue weighted by Crippen LogP contribution is -2.35. The minimum absolute atomic E-state index is 0.126. The number of carbonyl (C=O) groups excluding carboxylic acids is 2. The number of amides is 3. The van der Waals surface area contributed by atoms with Gasteiger partial charge in [0, 0.05) is 26.7 Å². The van der Waals surface area contributed by atoms with Crippen LogP contribution in [0.2, 0.25) is 0 Å². The van der Waals surface area contributed by atoms with Crippen LogP contribution in [0.1, 0.15) is 29.8 Å². The van der Waals surface area contributed by atoms with Gasteiger partial charge in [0.15, 0.2) is 0 Å². The fourth-order valence-electron chi connectivity index (χ4n) is 2.62. The molecule has 2 aromatic carbocycles. The van der Waals surface area contributed by atoms with E-state index in [0.29, 0.717) is 30.9 Å². The Morgan fingerprint density at radius 1 is 0.920 bits per heavy atom. The highest BCUT2D eigenvalue weighted by Crippen LogP contribution is 2.18. The molecule has 0 aliphatic heterocycles. The first kappa shape index (κ1) is 18.5. The maximum atomic E-state index is 12.8. The highest BCUT2D eigenvalue weighted by molar-refractivity contribution is 6.03. The van der Waals surface area contributed by atoms with E-state index in [1.54, 1.807) is 35.0 Å². The second-order valence-corrected chi connectivity index (χ2v) is 5.79. The van der Waals surface area contributed by atoms with E-state index in [2.05, 4.69) is 5.32 Å². The number of nitrogens with zero attached hydrogens (tertiary/aromatic N) is 2. The Balaban J connectivity index is 2.16. The number of anilines is 1. The number of urea groups is 1. The zero-order chi connectivity index (χ0) is 18.2. The van der Waals surface area contributed by atoms with Crippen molar-refractivity contribution in [3.63, 3.8) is 0 Å². The largest absolute Gasteiger partial charge is 0.337 e. The molecule has 5 nitrogen and oxygen atoms in total. The molecule has 0 spiro atoms. The van der Waals surface area contributed by atoms with E-state index in [0.717, 1.165) is 5.56 Å². The molecule has 0 saturated carbocycles. The van der Waals surface area contributed by atoms with Gasteiger partial charge < -0.3 is 15.1 Å². The molecule has 1 N–H and O–H groups in total. The predicted octanol–water partition coefficient (Wildman–Crippen LogP) is 3.83. The van der Waals surface area contributed by atoms with Crippen LogP contribution in [0.3, 0.4) is 0 Å². The minimum Gasteiger partial charge on any atom is -0.337 e. The molecule has 2 rings (SSSR count). The van der Waals surface area contributed by atoms with Crippen LogP contribution in [0.25, 0.3) is 0 Å². The Morgan fingerprint density at radius 2 is 1.52 bits per heavy atom. The lowest BCUT2D eigenvalue weighted by atomic mass is 10.1. The van der Waals surface area contributed by atoms with Crippen molar-refractivity contribution in [2.24, 2.45) is 0 Å².